The first kappa shape index (κ1) is 16.0. The molecule has 0 aromatic carbocycles. The van der Waals surface area contributed by atoms with E-state index in [1.54, 1.807) is 0 Å². The number of hydrogen-bond donors (Lipinski definition) is 0. The number of ether oxygens (including phenoxy) is 1. The van der Waals surface area contributed by atoms with Gasteiger partial charge in [0.1, 0.15) is 0 Å². The first-order chi connectivity index (χ1) is 9.06. The van der Waals surface area contributed by atoms with Crippen LogP contribution < -0.4 is 9.64 Å². The van der Waals surface area contributed by atoms with Crippen LogP contribution in [-0.4, -0.2) is 34.6 Å². The van der Waals surface area contributed by atoms with E-state index in [0.29, 0.717) is 24.5 Å². The molecule has 0 spiro atoms. The molecule has 1 aromatic heterocycles. The van der Waals surface area contributed by atoms with Gasteiger partial charge in [-0.1, -0.05) is 13.8 Å². The van der Waals surface area contributed by atoms with Crippen LogP contribution >= 0.6 is 11.6 Å². The molecule has 0 saturated carbocycles. The van der Waals surface area contributed by atoms with Gasteiger partial charge >= 0.3 is 6.01 Å². The first-order valence-electron chi connectivity index (χ1n) is 6.86. The second-order valence-corrected chi connectivity index (χ2v) is 5.08. The number of anilines is 1. The largest absolute Gasteiger partial charge is 0.463 e. The Morgan fingerprint density at radius 2 is 1.84 bits per heavy atom. The maximum atomic E-state index is 5.90. The van der Waals surface area contributed by atoms with E-state index >= 15 is 0 Å². The second-order valence-electron chi connectivity index (χ2n) is 4.74. The van der Waals surface area contributed by atoms with E-state index in [1.807, 2.05) is 18.7 Å². The van der Waals surface area contributed by atoms with Crippen molar-refractivity contribution in [3.63, 3.8) is 0 Å². The summed E-state index contributed by atoms with van der Waals surface area (Å²) in [4.78, 5) is 14.4. The molecular weight excluding hydrogens is 264 g/mol. The van der Waals surface area contributed by atoms with Crippen LogP contribution in [0.3, 0.4) is 0 Å². The van der Waals surface area contributed by atoms with Crippen molar-refractivity contribution in [1.82, 2.24) is 15.0 Å². The van der Waals surface area contributed by atoms with Gasteiger partial charge in [0.25, 0.3) is 0 Å². The van der Waals surface area contributed by atoms with Crippen LogP contribution in [0.5, 0.6) is 6.01 Å². The molecule has 0 unspecified atom stereocenters. The van der Waals surface area contributed by atoms with Crippen molar-refractivity contribution >= 4 is 17.5 Å². The van der Waals surface area contributed by atoms with E-state index in [4.69, 9.17) is 16.3 Å². The molecule has 108 valence electrons. The van der Waals surface area contributed by atoms with E-state index in [1.165, 1.54) is 0 Å². The van der Waals surface area contributed by atoms with Crippen LogP contribution in [0.15, 0.2) is 0 Å². The second kappa shape index (κ2) is 8.15. The van der Waals surface area contributed by atoms with E-state index in [9.17, 15) is 0 Å². The van der Waals surface area contributed by atoms with Gasteiger partial charge in [-0.3, -0.25) is 0 Å². The molecule has 0 N–H and O–H groups in total. The fraction of sp³-hybridized carbons (Fsp3) is 0.769. The van der Waals surface area contributed by atoms with Crippen molar-refractivity contribution in [2.24, 2.45) is 5.92 Å². The molecule has 0 saturated heterocycles. The summed E-state index contributed by atoms with van der Waals surface area (Å²) in [6, 6.07) is 0.311. The molecule has 0 bridgehead atoms. The van der Waals surface area contributed by atoms with Crippen molar-refractivity contribution in [3.05, 3.63) is 5.28 Å². The van der Waals surface area contributed by atoms with Crippen LogP contribution in [0.4, 0.5) is 5.95 Å². The van der Waals surface area contributed by atoms with Crippen molar-refractivity contribution < 1.29 is 4.74 Å². The standard InChI is InChI=1S/C13H23ClN4O/c1-5-18(6-2)12-15-11(14)16-13(17-12)19-9-7-8-10(3)4/h10H,5-9H2,1-4H3. The highest BCUT2D eigenvalue weighted by molar-refractivity contribution is 6.28. The van der Waals surface area contributed by atoms with E-state index in [2.05, 4.69) is 28.8 Å². The molecule has 1 heterocycles. The summed E-state index contributed by atoms with van der Waals surface area (Å²) >= 11 is 5.90. The fourth-order valence-electron chi connectivity index (χ4n) is 1.69. The summed E-state index contributed by atoms with van der Waals surface area (Å²) in [5, 5.41) is 0.177. The predicted octanol–water partition coefficient (Wildman–Crippen LogP) is 3.19. The smallest absolute Gasteiger partial charge is 0.322 e. The van der Waals surface area contributed by atoms with Crippen LogP contribution in [-0.2, 0) is 0 Å². The van der Waals surface area contributed by atoms with Crippen LogP contribution in [0.25, 0.3) is 0 Å². The summed E-state index contributed by atoms with van der Waals surface area (Å²) in [6.07, 6.45) is 2.11. The molecule has 1 aromatic rings. The lowest BCUT2D eigenvalue weighted by Gasteiger charge is -2.18. The van der Waals surface area contributed by atoms with Gasteiger partial charge in [0.2, 0.25) is 11.2 Å². The van der Waals surface area contributed by atoms with Crippen molar-refractivity contribution in [2.45, 2.75) is 40.5 Å². The maximum absolute atomic E-state index is 5.90. The normalized spacial score (nSPS) is 10.8. The van der Waals surface area contributed by atoms with Gasteiger partial charge in [0.05, 0.1) is 6.61 Å². The highest BCUT2D eigenvalue weighted by atomic mass is 35.5. The Morgan fingerprint density at radius 1 is 1.16 bits per heavy atom. The minimum Gasteiger partial charge on any atom is -0.463 e. The molecule has 0 aliphatic rings. The highest BCUT2D eigenvalue weighted by Crippen LogP contribution is 2.15. The zero-order chi connectivity index (χ0) is 14.3. The Morgan fingerprint density at radius 3 is 2.42 bits per heavy atom. The minimum absolute atomic E-state index is 0.177. The summed E-state index contributed by atoms with van der Waals surface area (Å²) in [6.45, 7) is 10.7. The molecule has 0 aliphatic heterocycles. The lowest BCUT2D eigenvalue weighted by molar-refractivity contribution is 0.275. The Balaban J connectivity index is 2.63. The average molecular weight is 287 g/mol. The topological polar surface area (TPSA) is 51.1 Å². The molecule has 0 fully saturated rings. The zero-order valence-electron chi connectivity index (χ0n) is 12.2. The summed E-state index contributed by atoms with van der Waals surface area (Å²) in [5.41, 5.74) is 0. The predicted molar refractivity (Wildman–Crippen MR) is 78.0 cm³/mol. The number of hydrogen-bond acceptors (Lipinski definition) is 5. The summed E-state index contributed by atoms with van der Waals surface area (Å²) in [7, 11) is 0. The number of rotatable bonds is 8. The summed E-state index contributed by atoms with van der Waals surface area (Å²) in [5.74, 6) is 1.25. The molecule has 0 amide bonds. The maximum Gasteiger partial charge on any atom is 0.322 e. The summed E-state index contributed by atoms with van der Waals surface area (Å²) < 4.78 is 5.54. The molecule has 6 heteroatoms. The lowest BCUT2D eigenvalue weighted by atomic mass is 10.1. The minimum atomic E-state index is 0.177. The van der Waals surface area contributed by atoms with E-state index < -0.39 is 0 Å². The Labute approximate surface area is 120 Å². The lowest BCUT2D eigenvalue weighted by Crippen LogP contribution is -2.24. The highest BCUT2D eigenvalue weighted by Gasteiger charge is 2.10. The van der Waals surface area contributed by atoms with Crippen molar-refractivity contribution in [2.75, 3.05) is 24.6 Å². The molecule has 0 aliphatic carbocycles. The van der Waals surface area contributed by atoms with E-state index in [-0.39, 0.29) is 5.28 Å². The van der Waals surface area contributed by atoms with Crippen LogP contribution in [0, 0.1) is 5.92 Å². The third-order valence-corrected chi connectivity index (χ3v) is 2.95. The van der Waals surface area contributed by atoms with Gasteiger partial charge < -0.3 is 9.64 Å². The Hall–Kier alpha value is -1.10. The quantitative estimate of drug-likeness (QED) is 0.687. The van der Waals surface area contributed by atoms with E-state index in [0.717, 1.165) is 25.9 Å². The Bertz CT molecular complexity index is 383. The van der Waals surface area contributed by atoms with Crippen molar-refractivity contribution in [1.29, 1.82) is 0 Å². The van der Waals surface area contributed by atoms with Crippen LogP contribution in [0.1, 0.15) is 40.5 Å². The molecule has 0 radical (unpaired) electrons. The number of nitrogens with zero attached hydrogens (tertiary/aromatic N) is 4. The first-order valence-corrected chi connectivity index (χ1v) is 7.23. The van der Waals surface area contributed by atoms with Gasteiger partial charge in [-0.25, -0.2) is 0 Å². The zero-order valence-corrected chi connectivity index (χ0v) is 12.9. The average Bonchev–Trinajstić information content (AvgIpc) is 2.35. The van der Waals surface area contributed by atoms with Gasteiger partial charge in [0, 0.05) is 13.1 Å². The third kappa shape index (κ3) is 5.59. The molecular formula is C13H23ClN4O. The monoisotopic (exact) mass is 286 g/mol. The van der Waals surface area contributed by atoms with Gasteiger partial charge in [-0.2, -0.15) is 15.0 Å². The van der Waals surface area contributed by atoms with Gasteiger partial charge in [-0.05, 0) is 44.2 Å². The molecule has 1 rings (SSSR count). The van der Waals surface area contributed by atoms with Crippen LogP contribution in [0.2, 0.25) is 5.28 Å². The molecule has 0 atom stereocenters. The molecule has 19 heavy (non-hydrogen) atoms. The van der Waals surface area contributed by atoms with Gasteiger partial charge in [0.15, 0.2) is 0 Å². The molecule has 5 nitrogen and oxygen atoms in total. The number of halogens is 1. The van der Waals surface area contributed by atoms with Gasteiger partial charge in [-0.15, -0.1) is 0 Å². The number of aromatic nitrogens is 3. The Kier molecular flexibility index (Phi) is 6.84. The van der Waals surface area contributed by atoms with Crippen molar-refractivity contribution in [3.8, 4) is 6.01 Å². The SMILES string of the molecule is CCN(CC)c1nc(Cl)nc(OCCCC(C)C)n1. The third-order valence-electron chi connectivity index (χ3n) is 2.78. The fourth-order valence-corrected chi connectivity index (χ4v) is 1.84.